The van der Waals surface area contributed by atoms with Crippen LogP contribution in [0.4, 0.5) is 5.69 Å². The molecule has 0 saturated carbocycles. The fourth-order valence-corrected chi connectivity index (χ4v) is 3.12. The molecule has 0 aliphatic heterocycles. The van der Waals surface area contributed by atoms with E-state index in [9.17, 15) is 4.79 Å². The first-order valence-electron chi connectivity index (χ1n) is 8.80. The highest BCUT2D eigenvalue weighted by molar-refractivity contribution is 6.05. The van der Waals surface area contributed by atoms with Crippen molar-refractivity contribution in [1.29, 1.82) is 0 Å². The molecular weight excluding hydrogens is 336 g/mol. The van der Waals surface area contributed by atoms with Crippen molar-refractivity contribution in [3.63, 3.8) is 0 Å². The second kappa shape index (κ2) is 6.96. The topological polar surface area (TPSA) is 51.9 Å². The molecule has 1 N–H and O–H groups in total. The van der Waals surface area contributed by atoms with Crippen LogP contribution in [0.5, 0.6) is 0 Å². The number of carbonyl (C=O) groups is 1. The predicted octanol–water partition coefficient (Wildman–Crippen LogP) is 4.53. The van der Waals surface area contributed by atoms with Crippen LogP contribution in [0, 0.1) is 13.8 Å². The fourth-order valence-electron chi connectivity index (χ4n) is 3.12. The summed E-state index contributed by atoms with van der Waals surface area (Å²) in [4.78, 5) is 12.7. The number of aromatic nitrogens is 3. The smallest absolute Gasteiger partial charge is 0.255 e. The molecule has 4 rings (SSSR count). The molecule has 1 amide bonds. The number of anilines is 1. The van der Waals surface area contributed by atoms with Crippen molar-refractivity contribution in [2.45, 2.75) is 13.8 Å². The molecule has 4 aromatic rings. The van der Waals surface area contributed by atoms with Gasteiger partial charge >= 0.3 is 0 Å². The number of para-hydroxylation sites is 1. The normalized spacial score (nSPS) is 10.7. The summed E-state index contributed by atoms with van der Waals surface area (Å²) in [7, 11) is 0. The van der Waals surface area contributed by atoms with Gasteiger partial charge in [0, 0.05) is 23.6 Å². The third kappa shape index (κ3) is 3.27. The number of benzene rings is 2. The molecule has 0 aliphatic rings. The monoisotopic (exact) mass is 356 g/mol. The van der Waals surface area contributed by atoms with Crippen molar-refractivity contribution < 1.29 is 4.79 Å². The Kier molecular flexibility index (Phi) is 4.34. The SMILES string of the molecule is Cc1nn(-c2ccccc2)c(C)c1NC(=O)c1ccc(-n2cccc2)cc1. The van der Waals surface area contributed by atoms with Gasteiger partial charge in [0.1, 0.15) is 0 Å². The van der Waals surface area contributed by atoms with Gasteiger partial charge in [-0.25, -0.2) is 4.68 Å². The number of aryl methyl sites for hydroxylation is 1. The maximum Gasteiger partial charge on any atom is 0.255 e. The molecule has 0 spiro atoms. The van der Waals surface area contributed by atoms with E-state index in [2.05, 4.69) is 10.4 Å². The summed E-state index contributed by atoms with van der Waals surface area (Å²) in [6.07, 6.45) is 3.94. The van der Waals surface area contributed by atoms with Crippen molar-refractivity contribution in [3.8, 4) is 11.4 Å². The third-order valence-corrected chi connectivity index (χ3v) is 4.56. The summed E-state index contributed by atoms with van der Waals surface area (Å²) < 4.78 is 3.85. The van der Waals surface area contributed by atoms with Gasteiger partial charge < -0.3 is 9.88 Å². The number of amides is 1. The van der Waals surface area contributed by atoms with Crippen LogP contribution >= 0.6 is 0 Å². The van der Waals surface area contributed by atoms with Crippen molar-refractivity contribution >= 4 is 11.6 Å². The summed E-state index contributed by atoms with van der Waals surface area (Å²) in [6.45, 7) is 3.86. The number of nitrogens with one attached hydrogen (secondary N) is 1. The lowest BCUT2D eigenvalue weighted by atomic mass is 10.2. The van der Waals surface area contributed by atoms with Gasteiger partial charge in [-0.1, -0.05) is 18.2 Å². The number of hydrogen-bond donors (Lipinski definition) is 1. The quantitative estimate of drug-likeness (QED) is 0.584. The van der Waals surface area contributed by atoms with Crippen LogP contribution in [-0.4, -0.2) is 20.3 Å². The molecule has 134 valence electrons. The summed E-state index contributed by atoms with van der Waals surface area (Å²) in [5, 5.41) is 7.58. The first-order chi connectivity index (χ1) is 13.1. The van der Waals surface area contributed by atoms with Crippen molar-refractivity contribution in [2.75, 3.05) is 5.32 Å². The van der Waals surface area contributed by atoms with E-state index >= 15 is 0 Å². The average Bonchev–Trinajstić information content (AvgIpc) is 3.33. The molecule has 0 aliphatic carbocycles. The van der Waals surface area contributed by atoms with E-state index in [1.807, 2.05) is 102 Å². The summed E-state index contributed by atoms with van der Waals surface area (Å²) in [6, 6.07) is 21.4. The zero-order valence-corrected chi connectivity index (χ0v) is 15.3. The molecule has 2 aromatic carbocycles. The van der Waals surface area contributed by atoms with E-state index in [0.717, 1.165) is 28.5 Å². The van der Waals surface area contributed by atoms with Gasteiger partial charge in [0.05, 0.1) is 22.8 Å². The van der Waals surface area contributed by atoms with Crippen molar-refractivity contribution in [3.05, 3.63) is 96.1 Å². The van der Waals surface area contributed by atoms with Crippen LogP contribution in [-0.2, 0) is 0 Å². The molecule has 5 heteroatoms. The lowest BCUT2D eigenvalue weighted by Crippen LogP contribution is -2.13. The third-order valence-electron chi connectivity index (χ3n) is 4.56. The number of rotatable bonds is 4. The van der Waals surface area contributed by atoms with Crippen LogP contribution in [0.25, 0.3) is 11.4 Å². The molecule has 0 atom stereocenters. The maximum absolute atomic E-state index is 12.7. The zero-order valence-electron chi connectivity index (χ0n) is 15.3. The fraction of sp³-hybridized carbons (Fsp3) is 0.0909. The van der Waals surface area contributed by atoms with Crippen molar-refractivity contribution in [1.82, 2.24) is 14.3 Å². The van der Waals surface area contributed by atoms with Gasteiger partial charge in [-0.2, -0.15) is 5.10 Å². The molecule has 0 unspecified atom stereocenters. The Morgan fingerprint density at radius 2 is 1.52 bits per heavy atom. The van der Waals surface area contributed by atoms with Gasteiger partial charge in [-0.15, -0.1) is 0 Å². The lowest BCUT2D eigenvalue weighted by molar-refractivity contribution is 0.102. The van der Waals surface area contributed by atoms with E-state index in [-0.39, 0.29) is 5.91 Å². The Hall–Kier alpha value is -3.60. The van der Waals surface area contributed by atoms with E-state index in [1.165, 1.54) is 0 Å². The minimum atomic E-state index is -0.145. The van der Waals surface area contributed by atoms with E-state index in [1.54, 1.807) is 0 Å². The standard InChI is InChI=1S/C22H20N4O/c1-16-21(17(2)26(24-16)20-8-4-3-5-9-20)23-22(27)18-10-12-19(13-11-18)25-14-6-7-15-25/h3-15H,1-2H3,(H,23,27). The molecule has 0 fully saturated rings. The maximum atomic E-state index is 12.7. The van der Waals surface area contributed by atoms with Crippen LogP contribution in [0.15, 0.2) is 79.1 Å². The van der Waals surface area contributed by atoms with Gasteiger partial charge in [-0.3, -0.25) is 4.79 Å². The average molecular weight is 356 g/mol. The molecule has 2 aromatic heterocycles. The van der Waals surface area contributed by atoms with E-state index < -0.39 is 0 Å². The molecule has 0 radical (unpaired) electrons. The Bertz CT molecular complexity index is 1060. The van der Waals surface area contributed by atoms with E-state index in [4.69, 9.17) is 0 Å². The van der Waals surface area contributed by atoms with Crippen LogP contribution in [0.1, 0.15) is 21.7 Å². The summed E-state index contributed by atoms with van der Waals surface area (Å²) in [5.41, 5.74) is 5.02. The second-order valence-electron chi connectivity index (χ2n) is 6.38. The Morgan fingerprint density at radius 1 is 0.852 bits per heavy atom. The number of carbonyl (C=O) groups excluding carboxylic acids is 1. The summed E-state index contributed by atoms with van der Waals surface area (Å²) >= 11 is 0. The van der Waals surface area contributed by atoms with Gasteiger partial charge in [0.15, 0.2) is 0 Å². The van der Waals surface area contributed by atoms with Gasteiger partial charge in [0.2, 0.25) is 0 Å². The minimum absolute atomic E-state index is 0.145. The highest BCUT2D eigenvalue weighted by Gasteiger charge is 2.16. The first kappa shape index (κ1) is 16.8. The highest BCUT2D eigenvalue weighted by atomic mass is 16.1. The van der Waals surface area contributed by atoms with E-state index in [0.29, 0.717) is 5.56 Å². The second-order valence-corrected chi connectivity index (χ2v) is 6.38. The van der Waals surface area contributed by atoms with Gasteiger partial charge in [0.25, 0.3) is 5.91 Å². The molecule has 5 nitrogen and oxygen atoms in total. The number of hydrogen-bond acceptors (Lipinski definition) is 2. The van der Waals surface area contributed by atoms with Gasteiger partial charge in [-0.05, 0) is 62.4 Å². The first-order valence-corrected chi connectivity index (χ1v) is 8.80. The largest absolute Gasteiger partial charge is 0.324 e. The zero-order chi connectivity index (χ0) is 18.8. The molecule has 0 saturated heterocycles. The molecule has 27 heavy (non-hydrogen) atoms. The predicted molar refractivity (Wildman–Crippen MR) is 107 cm³/mol. The lowest BCUT2D eigenvalue weighted by Gasteiger charge is -2.08. The Morgan fingerprint density at radius 3 is 2.19 bits per heavy atom. The van der Waals surface area contributed by atoms with Crippen LogP contribution < -0.4 is 5.32 Å². The number of nitrogens with zero attached hydrogens (tertiary/aromatic N) is 3. The Balaban J connectivity index is 1.57. The Labute approximate surface area is 157 Å². The molecule has 2 heterocycles. The summed E-state index contributed by atoms with van der Waals surface area (Å²) in [5.74, 6) is -0.145. The minimum Gasteiger partial charge on any atom is -0.324 e. The molecular formula is C22H20N4O. The highest BCUT2D eigenvalue weighted by Crippen LogP contribution is 2.23. The molecule has 0 bridgehead atoms. The van der Waals surface area contributed by atoms with Crippen LogP contribution in [0.2, 0.25) is 0 Å². The van der Waals surface area contributed by atoms with Crippen LogP contribution in [0.3, 0.4) is 0 Å². The van der Waals surface area contributed by atoms with Crippen molar-refractivity contribution in [2.24, 2.45) is 0 Å².